The first-order valence-electron chi connectivity index (χ1n) is 11.0. The van der Waals surface area contributed by atoms with Gasteiger partial charge in [0.15, 0.2) is 0 Å². The second-order valence-corrected chi connectivity index (χ2v) is 8.21. The highest BCUT2D eigenvalue weighted by molar-refractivity contribution is 5.77. The quantitative estimate of drug-likeness (QED) is 0.542. The molecular weight excluding hydrogens is 402 g/mol. The average Bonchev–Trinajstić information content (AvgIpc) is 3.33. The monoisotopic (exact) mass is 431 g/mol. The Hall–Kier alpha value is -3.32. The van der Waals surface area contributed by atoms with Crippen molar-refractivity contribution >= 4 is 11.9 Å². The summed E-state index contributed by atoms with van der Waals surface area (Å²) in [5.41, 5.74) is 3.48. The van der Waals surface area contributed by atoms with E-state index < -0.39 is 0 Å². The van der Waals surface area contributed by atoms with Crippen molar-refractivity contribution in [2.24, 2.45) is 0 Å². The Morgan fingerprint density at radius 1 is 1.06 bits per heavy atom. The standard InChI is InChI=1S/C25H29N5O2/c1-29(2)25-27-16-21(22-12-6-7-13-26-22)23(28-25)18-30(17-19-9-4-3-5-10-19)24(31)15-20-11-8-14-32-20/h3-7,9-10,12-13,16,20H,8,11,14-15,17-18H2,1-2H3. The number of carbonyl (C=O) groups excluding carboxylic acids is 1. The zero-order chi connectivity index (χ0) is 22.3. The first-order valence-corrected chi connectivity index (χ1v) is 11.0. The van der Waals surface area contributed by atoms with Crippen LogP contribution >= 0.6 is 0 Å². The molecule has 3 heterocycles. The topological polar surface area (TPSA) is 71.5 Å². The number of nitrogens with zero attached hydrogens (tertiary/aromatic N) is 5. The first-order chi connectivity index (χ1) is 15.6. The minimum Gasteiger partial charge on any atom is -0.378 e. The van der Waals surface area contributed by atoms with Gasteiger partial charge in [-0.15, -0.1) is 0 Å². The van der Waals surface area contributed by atoms with Crippen LogP contribution in [0, 0.1) is 0 Å². The summed E-state index contributed by atoms with van der Waals surface area (Å²) in [6.45, 7) is 1.61. The molecule has 1 unspecified atom stereocenters. The second kappa shape index (κ2) is 10.3. The Balaban J connectivity index is 1.66. The van der Waals surface area contributed by atoms with E-state index in [-0.39, 0.29) is 12.0 Å². The van der Waals surface area contributed by atoms with Crippen LogP contribution in [0.25, 0.3) is 11.3 Å². The van der Waals surface area contributed by atoms with Crippen molar-refractivity contribution < 1.29 is 9.53 Å². The van der Waals surface area contributed by atoms with Crippen molar-refractivity contribution in [1.29, 1.82) is 0 Å². The number of anilines is 1. The van der Waals surface area contributed by atoms with E-state index in [1.54, 1.807) is 12.4 Å². The molecule has 32 heavy (non-hydrogen) atoms. The maximum atomic E-state index is 13.4. The summed E-state index contributed by atoms with van der Waals surface area (Å²) in [6, 6.07) is 15.8. The number of ether oxygens (including phenoxy) is 1. The van der Waals surface area contributed by atoms with Gasteiger partial charge in [0.05, 0.1) is 30.5 Å². The summed E-state index contributed by atoms with van der Waals surface area (Å²) in [4.78, 5) is 30.8. The Bertz CT molecular complexity index is 1020. The van der Waals surface area contributed by atoms with E-state index >= 15 is 0 Å². The summed E-state index contributed by atoms with van der Waals surface area (Å²) >= 11 is 0. The number of hydrogen-bond acceptors (Lipinski definition) is 6. The minimum absolute atomic E-state index is 0.00114. The Kier molecular flexibility index (Phi) is 7.07. The highest BCUT2D eigenvalue weighted by Crippen LogP contribution is 2.24. The van der Waals surface area contributed by atoms with Crippen LogP contribution in [-0.4, -0.2) is 52.6 Å². The number of benzene rings is 1. The van der Waals surface area contributed by atoms with Gasteiger partial charge in [-0.2, -0.15) is 0 Å². The Morgan fingerprint density at radius 2 is 1.88 bits per heavy atom. The van der Waals surface area contributed by atoms with Crippen LogP contribution in [0.15, 0.2) is 60.9 Å². The third-order valence-electron chi connectivity index (χ3n) is 5.53. The zero-order valence-corrected chi connectivity index (χ0v) is 18.6. The third-order valence-corrected chi connectivity index (χ3v) is 5.53. The predicted molar refractivity (Wildman–Crippen MR) is 124 cm³/mol. The van der Waals surface area contributed by atoms with Gasteiger partial charge in [0.1, 0.15) is 0 Å². The Labute approximate surface area is 189 Å². The fourth-order valence-electron chi connectivity index (χ4n) is 3.82. The summed E-state index contributed by atoms with van der Waals surface area (Å²) in [7, 11) is 3.81. The molecule has 0 saturated carbocycles. The van der Waals surface area contributed by atoms with Gasteiger partial charge in [0, 0.05) is 45.2 Å². The molecule has 7 nitrogen and oxygen atoms in total. The molecule has 0 aliphatic carbocycles. The predicted octanol–water partition coefficient (Wildman–Crippen LogP) is 3.70. The van der Waals surface area contributed by atoms with Crippen molar-refractivity contribution in [3.8, 4) is 11.3 Å². The van der Waals surface area contributed by atoms with Crippen molar-refractivity contribution in [1.82, 2.24) is 19.9 Å². The zero-order valence-electron chi connectivity index (χ0n) is 18.6. The van der Waals surface area contributed by atoms with Gasteiger partial charge >= 0.3 is 0 Å². The highest BCUT2D eigenvalue weighted by Gasteiger charge is 2.25. The molecule has 1 atom stereocenters. The molecule has 0 spiro atoms. The molecule has 4 rings (SSSR count). The molecule has 0 bridgehead atoms. The van der Waals surface area contributed by atoms with Crippen LogP contribution in [0.5, 0.6) is 0 Å². The van der Waals surface area contributed by atoms with E-state index in [9.17, 15) is 4.79 Å². The fraction of sp³-hybridized carbons (Fsp3) is 0.360. The van der Waals surface area contributed by atoms with Gasteiger partial charge in [-0.25, -0.2) is 9.97 Å². The largest absolute Gasteiger partial charge is 0.378 e. The van der Waals surface area contributed by atoms with Crippen LogP contribution in [0.2, 0.25) is 0 Å². The van der Waals surface area contributed by atoms with Gasteiger partial charge in [-0.05, 0) is 30.5 Å². The van der Waals surface area contributed by atoms with Crippen molar-refractivity contribution in [2.75, 3.05) is 25.6 Å². The normalized spacial score (nSPS) is 15.5. The summed E-state index contributed by atoms with van der Waals surface area (Å²) in [5.74, 6) is 0.670. The fourth-order valence-corrected chi connectivity index (χ4v) is 3.82. The van der Waals surface area contributed by atoms with E-state index in [0.29, 0.717) is 25.5 Å². The van der Waals surface area contributed by atoms with Crippen molar-refractivity contribution in [3.63, 3.8) is 0 Å². The third kappa shape index (κ3) is 5.48. The molecule has 0 N–H and O–H groups in total. The molecule has 166 valence electrons. The molecule has 1 fully saturated rings. The lowest BCUT2D eigenvalue weighted by atomic mass is 10.1. The molecule has 1 aromatic carbocycles. The smallest absolute Gasteiger partial charge is 0.225 e. The van der Waals surface area contributed by atoms with Gasteiger partial charge in [-0.1, -0.05) is 36.4 Å². The van der Waals surface area contributed by atoms with Crippen LogP contribution in [0.1, 0.15) is 30.5 Å². The molecule has 7 heteroatoms. The number of aromatic nitrogens is 3. The van der Waals surface area contributed by atoms with Crippen LogP contribution < -0.4 is 4.90 Å². The highest BCUT2D eigenvalue weighted by atomic mass is 16.5. The molecule has 1 amide bonds. The van der Waals surface area contributed by atoms with E-state index in [4.69, 9.17) is 9.72 Å². The van der Waals surface area contributed by atoms with E-state index in [0.717, 1.165) is 42.0 Å². The van der Waals surface area contributed by atoms with Crippen molar-refractivity contribution in [2.45, 2.75) is 38.5 Å². The molecule has 1 saturated heterocycles. The lowest BCUT2D eigenvalue weighted by molar-refractivity contribution is -0.134. The number of rotatable bonds is 8. The van der Waals surface area contributed by atoms with E-state index in [2.05, 4.69) is 9.97 Å². The minimum atomic E-state index is -0.00114. The summed E-state index contributed by atoms with van der Waals surface area (Å²) < 4.78 is 5.73. The van der Waals surface area contributed by atoms with Crippen LogP contribution in [0.3, 0.4) is 0 Å². The number of amides is 1. The number of hydrogen-bond donors (Lipinski definition) is 0. The molecule has 0 radical (unpaired) electrons. The Morgan fingerprint density at radius 3 is 2.56 bits per heavy atom. The lowest BCUT2D eigenvalue weighted by Gasteiger charge is -2.25. The van der Waals surface area contributed by atoms with Gasteiger partial charge < -0.3 is 14.5 Å². The van der Waals surface area contributed by atoms with Gasteiger partial charge in [0.2, 0.25) is 11.9 Å². The van der Waals surface area contributed by atoms with Crippen LogP contribution in [-0.2, 0) is 22.6 Å². The lowest BCUT2D eigenvalue weighted by Crippen LogP contribution is -2.33. The summed E-state index contributed by atoms with van der Waals surface area (Å²) in [5, 5.41) is 0. The van der Waals surface area contributed by atoms with Gasteiger partial charge in [-0.3, -0.25) is 9.78 Å². The number of pyridine rings is 1. The van der Waals surface area contributed by atoms with E-state index in [1.807, 2.05) is 72.4 Å². The maximum absolute atomic E-state index is 13.4. The molecule has 1 aliphatic heterocycles. The maximum Gasteiger partial charge on any atom is 0.225 e. The molecule has 2 aromatic heterocycles. The number of carbonyl (C=O) groups is 1. The van der Waals surface area contributed by atoms with Gasteiger partial charge in [0.25, 0.3) is 0 Å². The molecule has 3 aromatic rings. The SMILES string of the molecule is CN(C)c1ncc(-c2ccccn2)c(CN(Cc2ccccc2)C(=O)CC2CCCO2)n1. The molecular formula is C25H29N5O2. The molecule has 1 aliphatic rings. The summed E-state index contributed by atoms with van der Waals surface area (Å²) in [6.07, 6.45) is 5.88. The van der Waals surface area contributed by atoms with E-state index in [1.165, 1.54) is 0 Å². The first kappa shape index (κ1) is 21.9. The van der Waals surface area contributed by atoms with Crippen molar-refractivity contribution in [3.05, 3.63) is 72.2 Å². The second-order valence-electron chi connectivity index (χ2n) is 8.21. The van der Waals surface area contributed by atoms with Crippen LogP contribution in [0.4, 0.5) is 5.95 Å². The average molecular weight is 432 g/mol.